The van der Waals surface area contributed by atoms with E-state index in [0.717, 1.165) is 24.2 Å². The van der Waals surface area contributed by atoms with Crippen LogP contribution in [0.15, 0.2) is 24.3 Å². The van der Waals surface area contributed by atoms with Crippen LogP contribution in [0.1, 0.15) is 30.4 Å². The zero-order valence-corrected chi connectivity index (χ0v) is 12.8. The van der Waals surface area contributed by atoms with Gasteiger partial charge in [-0.25, -0.2) is 0 Å². The third-order valence-corrected chi connectivity index (χ3v) is 4.90. The summed E-state index contributed by atoms with van der Waals surface area (Å²) in [5, 5.41) is 8.71. The highest BCUT2D eigenvalue weighted by Gasteiger charge is 2.34. The van der Waals surface area contributed by atoms with E-state index in [2.05, 4.69) is 40.8 Å². The number of benzene rings is 1. The number of likely N-dealkylation sites (N-methyl/N-ethyl adjacent to an activating group) is 1. The van der Waals surface area contributed by atoms with Crippen molar-refractivity contribution in [2.45, 2.75) is 37.9 Å². The molecule has 1 N–H and O–H groups in total. The number of aliphatic hydroxyl groups excluding tert-OH is 1. The van der Waals surface area contributed by atoms with E-state index in [9.17, 15) is 0 Å². The Morgan fingerprint density at radius 2 is 1.90 bits per heavy atom. The fraction of sp³-hybridized carbons (Fsp3) is 0.556. The molecule has 3 nitrogen and oxygen atoms in total. The second-order valence-corrected chi connectivity index (χ2v) is 6.23. The van der Waals surface area contributed by atoms with Crippen LogP contribution in [0.25, 0.3) is 0 Å². The molecule has 2 aliphatic rings. The monoisotopic (exact) mass is 284 g/mol. The maximum absolute atomic E-state index is 8.71. The van der Waals surface area contributed by atoms with Crippen molar-refractivity contribution >= 4 is 0 Å². The minimum absolute atomic E-state index is 0.0778. The number of fused-ring (bicyclic) bond motifs is 2. The summed E-state index contributed by atoms with van der Waals surface area (Å²) in [4.78, 5) is 5.18. The van der Waals surface area contributed by atoms with Gasteiger partial charge in [-0.3, -0.25) is 9.80 Å². The van der Waals surface area contributed by atoms with Crippen LogP contribution in [0.4, 0.5) is 0 Å². The molecule has 2 aliphatic heterocycles. The van der Waals surface area contributed by atoms with E-state index in [1.165, 1.54) is 37.9 Å². The summed E-state index contributed by atoms with van der Waals surface area (Å²) in [6.45, 7) is 3.35. The molecule has 112 valence electrons. The van der Waals surface area contributed by atoms with Crippen molar-refractivity contribution in [2.24, 2.45) is 0 Å². The minimum atomic E-state index is -0.0778. The Kier molecular flexibility index (Phi) is 4.60. The minimum Gasteiger partial charge on any atom is -0.384 e. The standard InChI is InChI=1S/C18H24N2O/c1-19-17-8-9-18(19)14-20(11-10-17)13-16-6-4-15(5-7-16)3-2-12-21/h4-7,17-18,21H,8-14H2,1H3. The van der Waals surface area contributed by atoms with Gasteiger partial charge in [-0.15, -0.1) is 0 Å². The van der Waals surface area contributed by atoms with Crippen LogP contribution in [-0.2, 0) is 6.54 Å². The molecule has 0 radical (unpaired) electrons. The molecule has 3 rings (SSSR count). The lowest BCUT2D eigenvalue weighted by atomic mass is 10.1. The quantitative estimate of drug-likeness (QED) is 0.837. The number of rotatable bonds is 2. The van der Waals surface area contributed by atoms with Crippen LogP contribution in [-0.4, -0.2) is 53.7 Å². The zero-order chi connectivity index (χ0) is 14.7. The number of hydrogen-bond donors (Lipinski definition) is 1. The topological polar surface area (TPSA) is 26.7 Å². The van der Waals surface area contributed by atoms with Crippen LogP contribution in [0.5, 0.6) is 0 Å². The smallest absolute Gasteiger partial charge is 0.104 e. The molecule has 3 heteroatoms. The van der Waals surface area contributed by atoms with Gasteiger partial charge in [0.05, 0.1) is 0 Å². The Morgan fingerprint density at radius 3 is 2.67 bits per heavy atom. The Morgan fingerprint density at radius 1 is 1.14 bits per heavy atom. The Labute approximate surface area is 127 Å². The molecule has 0 spiro atoms. The van der Waals surface area contributed by atoms with Gasteiger partial charge in [0, 0.05) is 37.3 Å². The molecule has 2 unspecified atom stereocenters. The predicted molar refractivity (Wildman–Crippen MR) is 84.9 cm³/mol. The molecule has 0 aromatic heterocycles. The molecule has 1 aromatic carbocycles. The van der Waals surface area contributed by atoms with E-state index in [1.54, 1.807) is 0 Å². The molecule has 2 saturated heterocycles. The van der Waals surface area contributed by atoms with E-state index < -0.39 is 0 Å². The van der Waals surface area contributed by atoms with Crippen LogP contribution >= 0.6 is 0 Å². The van der Waals surface area contributed by atoms with Gasteiger partial charge in [0.15, 0.2) is 0 Å². The average molecular weight is 284 g/mol. The molecule has 21 heavy (non-hydrogen) atoms. The molecule has 0 saturated carbocycles. The van der Waals surface area contributed by atoms with E-state index >= 15 is 0 Å². The second-order valence-electron chi connectivity index (χ2n) is 6.23. The molecule has 0 aliphatic carbocycles. The Bertz CT molecular complexity index is 528. The van der Waals surface area contributed by atoms with Gasteiger partial charge in [0.1, 0.15) is 6.61 Å². The van der Waals surface area contributed by atoms with E-state index in [0.29, 0.717) is 0 Å². The Balaban J connectivity index is 1.61. The average Bonchev–Trinajstić information content (AvgIpc) is 2.75. The van der Waals surface area contributed by atoms with Gasteiger partial charge in [-0.2, -0.15) is 0 Å². The van der Waals surface area contributed by atoms with Crippen LogP contribution < -0.4 is 0 Å². The molecule has 2 atom stereocenters. The van der Waals surface area contributed by atoms with Gasteiger partial charge < -0.3 is 5.11 Å². The summed E-state index contributed by atoms with van der Waals surface area (Å²) in [6, 6.07) is 9.97. The fourth-order valence-corrected chi connectivity index (χ4v) is 3.62. The normalized spacial score (nSPS) is 26.2. The third kappa shape index (κ3) is 3.47. The summed E-state index contributed by atoms with van der Waals surface area (Å²) in [6.07, 6.45) is 4.04. The Hall–Kier alpha value is -1.34. The first-order chi connectivity index (χ1) is 10.3. The first-order valence-electron chi connectivity index (χ1n) is 7.89. The van der Waals surface area contributed by atoms with Gasteiger partial charge in [-0.05, 0) is 44.0 Å². The van der Waals surface area contributed by atoms with Crippen molar-refractivity contribution in [2.75, 3.05) is 26.7 Å². The lowest BCUT2D eigenvalue weighted by molar-refractivity contribution is 0.214. The highest BCUT2D eigenvalue weighted by molar-refractivity contribution is 5.36. The van der Waals surface area contributed by atoms with Crippen molar-refractivity contribution in [3.05, 3.63) is 35.4 Å². The van der Waals surface area contributed by atoms with E-state index in [1.807, 2.05) is 12.1 Å². The lowest BCUT2D eigenvalue weighted by Gasteiger charge is -2.25. The second kappa shape index (κ2) is 6.62. The largest absolute Gasteiger partial charge is 0.384 e. The summed E-state index contributed by atoms with van der Waals surface area (Å²) in [5.74, 6) is 5.63. The SMILES string of the molecule is CN1C2CCC1CN(Cc1ccc(C#CCO)cc1)CC2. The first kappa shape index (κ1) is 14.6. The molecule has 0 amide bonds. The predicted octanol–water partition coefficient (Wildman–Crippen LogP) is 1.70. The lowest BCUT2D eigenvalue weighted by Crippen LogP contribution is -2.36. The zero-order valence-electron chi connectivity index (χ0n) is 12.8. The molecule has 1 aromatic rings. The fourth-order valence-electron chi connectivity index (χ4n) is 3.62. The van der Waals surface area contributed by atoms with E-state index in [4.69, 9.17) is 5.11 Å². The van der Waals surface area contributed by atoms with Gasteiger partial charge in [0.2, 0.25) is 0 Å². The third-order valence-electron chi connectivity index (χ3n) is 4.90. The van der Waals surface area contributed by atoms with E-state index in [-0.39, 0.29) is 6.61 Å². The first-order valence-corrected chi connectivity index (χ1v) is 7.89. The highest BCUT2D eigenvalue weighted by atomic mass is 16.2. The van der Waals surface area contributed by atoms with Crippen molar-refractivity contribution < 1.29 is 5.11 Å². The highest BCUT2D eigenvalue weighted by Crippen LogP contribution is 2.28. The summed E-state index contributed by atoms with van der Waals surface area (Å²) in [5.41, 5.74) is 2.33. The number of likely N-dealkylation sites (tertiary alicyclic amines) is 1. The van der Waals surface area contributed by atoms with Gasteiger partial charge in [0.25, 0.3) is 0 Å². The molecular weight excluding hydrogens is 260 g/mol. The summed E-state index contributed by atoms with van der Waals surface area (Å²) >= 11 is 0. The van der Waals surface area contributed by atoms with Gasteiger partial charge >= 0.3 is 0 Å². The molecule has 2 bridgehead atoms. The van der Waals surface area contributed by atoms with Crippen LogP contribution in [0.3, 0.4) is 0 Å². The van der Waals surface area contributed by atoms with Crippen LogP contribution in [0, 0.1) is 11.8 Å². The van der Waals surface area contributed by atoms with Crippen LogP contribution in [0.2, 0.25) is 0 Å². The molecule has 2 heterocycles. The molecular formula is C18H24N2O. The number of aliphatic hydroxyl groups is 1. The molecule has 2 fully saturated rings. The van der Waals surface area contributed by atoms with Crippen molar-refractivity contribution in [1.82, 2.24) is 9.80 Å². The summed E-state index contributed by atoms with van der Waals surface area (Å²) in [7, 11) is 2.29. The maximum atomic E-state index is 8.71. The number of nitrogens with zero attached hydrogens (tertiary/aromatic N) is 2. The van der Waals surface area contributed by atoms with Crippen molar-refractivity contribution in [3.63, 3.8) is 0 Å². The van der Waals surface area contributed by atoms with Crippen molar-refractivity contribution in [1.29, 1.82) is 0 Å². The number of hydrogen-bond acceptors (Lipinski definition) is 3. The summed E-state index contributed by atoms with van der Waals surface area (Å²) < 4.78 is 0. The van der Waals surface area contributed by atoms with Crippen molar-refractivity contribution in [3.8, 4) is 11.8 Å². The van der Waals surface area contributed by atoms with Gasteiger partial charge in [-0.1, -0.05) is 24.0 Å². The maximum Gasteiger partial charge on any atom is 0.104 e.